The number of hydrogen-bond donors (Lipinski definition) is 0. The minimum Gasteiger partial charge on any atom is -0.493 e. The Morgan fingerprint density at radius 1 is 1.36 bits per heavy atom. The second-order valence-electron chi connectivity index (χ2n) is 2.26. The molecule has 0 aliphatic heterocycles. The molecule has 0 fully saturated rings. The topological polar surface area (TPSA) is 58.0 Å². The molecule has 14 heavy (non-hydrogen) atoms. The maximum absolute atomic E-state index is 12.4. The van der Waals surface area contributed by atoms with Crippen LogP contribution in [0.5, 0.6) is 5.75 Å². The summed E-state index contributed by atoms with van der Waals surface area (Å²) in [4.78, 5) is 2.57. The lowest BCUT2D eigenvalue weighted by Crippen LogP contribution is -1.99. The van der Waals surface area contributed by atoms with Crippen molar-refractivity contribution in [1.82, 2.24) is 0 Å². The van der Waals surface area contributed by atoms with Gasteiger partial charge in [0.25, 0.3) is 0 Å². The number of halogens is 1. The van der Waals surface area contributed by atoms with Crippen molar-refractivity contribution in [2.75, 3.05) is 13.2 Å². The third-order valence-corrected chi connectivity index (χ3v) is 1.34. The summed E-state index contributed by atoms with van der Waals surface area (Å²) >= 11 is 0. The molecule has 0 bridgehead atoms. The second kappa shape index (κ2) is 6.74. The van der Waals surface area contributed by atoms with Gasteiger partial charge in [-0.25, -0.2) is 4.39 Å². The summed E-state index contributed by atoms with van der Waals surface area (Å²) in [7, 11) is 0. The Kier molecular flexibility index (Phi) is 5.90. The lowest BCUT2D eigenvalue weighted by atomic mass is 10.3. The van der Waals surface area contributed by atoms with Crippen molar-refractivity contribution < 1.29 is 9.13 Å². The second-order valence-corrected chi connectivity index (χ2v) is 2.26. The molecule has 76 valence electrons. The van der Waals surface area contributed by atoms with Gasteiger partial charge in [0.05, 0.1) is 13.2 Å². The zero-order chi connectivity index (χ0) is 9.52. The zero-order valence-corrected chi connectivity index (χ0v) is 6.85. The molecule has 0 saturated heterocycles. The van der Waals surface area contributed by atoms with Gasteiger partial charge in [-0.2, -0.15) is 0 Å². The van der Waals surface area contributed by atoms with Gasteiger partial charge in [-0.3, -0.25) is 0 Å². The van der Waals surface area contributed by atoms with Crippen LogP contribution in [0.25, 0.3) is 10.4 Å². The lowest BCUT2D eigenvalue weighted by Gasteiger charge is -2.02. The van der Waals surface area contributed by atoms with Gasteiger partial charge >= 0.3 is 0 Å². The van der Waals surface area contributed by atoms with Crippen molar-refractivity contribution in [3.63, 3.8) is 0 Å². The van der Waals surface area contributed by atoms with E-state index in [0.717, 1.165) is 0 Å². The normalized spacial score (nSPS) is 8.36. The average Bonchev–Trinajstić information content (AvgIpc) is 2.15. The fraction of sp³-hybridized carbons (Fsp3) is 0.333. The van der Waals surface area contributed by atoms with Crippen molar-refractivity contribution in [1.29, 1.82) is 0 Å². The van der Waals surface area contributed by atoms with E-state index in [9.17, 15) is 4.39 Å². The van der Waals surface area contributed by atoms with Crippen LogP contribution in [0.2, 0.25) is 0 Å². The SMILES string of the molecule is C.[N-]=[N+]=NCCOc1ccc(F)cc1. The number of azide groups is 1. The van der Waals surface area contributed by atoms with Crippen molar-refractivity contribution in [3.8, 4) is 5.75 Å². The van der Waals surface area contributed by atoms with Crippen LogP contribution in [0.15, 0.2) is 29.4 Å². The molecule has 1 rings (SSSR count). The predicted octanol–water partition coefficient (Wildman–Crippen LogP) is 3.15. The number of ether oxygens (including phenoxy) is 1. The Morgan fingerprint density at radius 3 is 2.57 bits per heavy atom. The third-order valence-electron chi connectivity index (χ3n) is 1.34. The summed E-state index contributed by atoms with van der Waals surface area (Å²) in [6.07, 6.45) is 0. The maximum Gasteiger partial charge on any atom is 0.123 e. The molecular weight excluding hydrogens is 185 g/mol. The van der Waals surface area contributed by atoms with Crippen LogP contribution < -0.4 is 4.74 Å². The third kappa shape index (κ3) is 4.33. The van der Waals surface area contributed by atoms with Crippen LogP contribution in [-0.4, -0.2) is 13.2 Å². The smallest absolute Gasteiger partial charge is 0.123 e. The van der Waals surface area contributed by atoms with E-state index in [2.05, 4.69) is 10.0 Å². The largest absolute Gasteiger partial charge is 0.493 e. The minimum absolute atomic E-state index is 0. The number of benzene rings is 1. The predicted molar refractivity (Wildman–Crippen MR) is 52.6 cm³/mol. The first-order chi connectivity index (χ1) is 6.33. The molecule has 4 nitrogen and oxygen atoms in total. The van der Waals surface area contributed by atoms with E-state index < -0.39 is 0 Å². The Hall–Kier alpha value is -1.74. The van der Waals surface area contributed by atoms with E-state index in [1.54, 1.807) is 0 Å². The van der Waals surface area contributed by atoms with Gasteiger partial charge in [0.1, 0.15) is 11.6 Å². The monoisotopic (exact) mass is 197 g/mol. The first kappa shape index (κ1) is 12.3. The minimum atomic E-state index is -0.303. The van der Waals surface area contributed by atoms with Gasteiger partial charge in [-0.05, 0) is 29.8 Å². The number of nitrogens with zero attached hydrogens (tertiary/aromatic N) is 3. The van der Waals surface area contributed by atoms with E-state index >= 15 is 0 Å². The van der Waals surface area contributed by atoms with Gasteiger partial charge < -0.3 is 4.74 Å². The summed E-state index contributed by atoms with van der Waals surface area (Å²) in [6.45, 7) is 0.573. The highest BCUT2D eigenvalue weighted by Crippen LogP contribution is 2.10. The lowest BCUT2D eigenvalue weighted by molar-refractivity contribution is 0.327. The van der Waals surface area contributed by atoms with E-state index in [1.165, 1.54) is 24.3 Å². The van der Waals surface area contributed by atoms with Crippen LogP contribution in [-0.2, 0) is 0 Å². The van der Waals surface area contributed by atoms with Crippen molar-refractivity contribution in [2.45, 2.75) is 7.43 Å². The first-order valence-electron chi connectivity index (χ1n) is 3.72. The fourth-order valence-electron chi connectivity index (χ4n) is 0.780. The van der Waals surface area contributed by atoms with Gasteiger partial charge in [-0.1, -0.05) is 12.5 Å². The van der Waals surface area contributed by atoms with Crippen molar-refractivity contribution >= 4 is 0 Å². The van der Waals surface area contributed by atoms with Crippen LogP contribution >= 0.6 is 0 Å². The first-order valence-corrected chi connectivity index (χ1v) is 3.72. The Labute approximate surface area is 81.9 Å². The Bertz CT molecular complexity index is 306. The highest BCUT2D eigenvalue weighted by atomic mass is 19.1. The van der Waals surface area contributed by atoms with Gasteiger partial charge in [0.15, 0.2) is 0 Å². The van der Waals surface area contributed by atoms with Crippen LogP contribution in [0.3, 0.4) is 0 Å². The summed E-state index contributed by atoms with van der Waals surface area (Å²) in [5, 5.41) is 3.29. The van der Waals surface area contributed by atoms with E-state index in [-0.39, 0.29) is 19.8 Å². The van der Waals surface area contributed by atoms with E-state index in [0.29, 0.717) is 12.4 Å². The molecule has 0 spiro atoms. The summed E-state index contributed by atoms with van der Waals surface area (Å²) in [5.41, 5.74) is 7.95. The molecule has 1 aromatic rings. The molecule has 0 N–H and O–H groups in total. The molecule has 0 aromatic heterocycles. The molecule has 0 atom stereocenters. The average molecular weight is 197 g/mol. The van der Waals surface area contributed by atoms with Crippen molar-refractivity contribution in [3.05, 3.63) is 40.5 Å². The van der Waals surface area contributed by atoms with Gasteiger partial charge in [0, 0.05) is 4.91 Å². The number of hydrogen-bond acceptors (Lipinski definition) is 2. The summed E-state index contributed by atoms with van der Waals surface area (Å²) in [6, 6.07) is 5.66. The van der Waals surface area contributed by atoms with E-state index in [1.807, 2.05) is 0 Å². The fourth-order valence-corrected chi connectivity index (χ4v) is 0.780. The summed E-state index contributed by atoms with van der Waals surface area (Å²) in [5.74, 6) is 0.261. The highest BCUT2D eigenvalue weighted by Gasteiger charge is 1.92. The van der Waals surface area contributed by atoms with Crippen LogP contribution in [0.1, 0.15) is 7.43 Å². The molecule has 0 aliphatic carbocycles. The molecule has 0 saturated carbocycles. The van der Waals surface area contributed by atoms with Crippen LogP contribution in [0.4, 0.5) is 4.39 Å². The molecule has 1 aromatic carbocycles. The Morgan fingerprint density at radius 2 is 2.00 bits per heavy atom. The maximum atomic E-state index is 12.4. The molecule has 0 amide bonds. The molecule has 0 aliphatic rings. The zero-order valence-electron chi connectivity index (χ0n) is 6.85. The molecule has 0 unspecified atom stereocenters. The van der Waals surface area contributed by atoms with Gasteiger partial charge in [-0.15, -0.1) is 0 Å². The summed E-state index contributed by atoms with van der Waals surface area (Å²) < 4.78 is 17.5. The standard InChI is InChI=1S/C8H8FN3O.CH4/c9-7-1-3-8(4-2-7)13-6-5-11-12-10;/h1-4H,5-6H2;1H4. The van der Waals surface area contributed by atoms with Crippen LogP contribution in [0, 0.1) is 5.82 Å². The molecule has 0 heterocycles. The quantitative estimate of drug-likeness (QED) is 0.316. The van der Waals surface area contributed by atoms with Crippen molar-refractivity contribution in [2.24, 2.45) is 5.11 Å². The molecular formula is C9H12FN3O. The number of rotatable bonds is 4. The molecule has 5 heteroatoms. The van der Waals surface area contributed by atoms with E-state index in [4.69, 9.17) is 10.3 Å². The Balaban J connectivity index is 0.00000169. The molecule has 0 radical (unpaired) electrons. The van der Waals surface area contributed by atoms with Gasteiger partial charge in [0.2, 0.25) is 0 Å². The highest BCUT2D eigenvalue weighted by molar-refractivity contribution is 5.21.